The van der Waals surface area contributed by atoms with Gasteiger partial charge >= 0.3 is 5.97 Å². The van der Waals surface area contributed by atoms with Crippen LogP contribution in [-0.4, -0.2) is 48.2 Å². The lowest BCUT2D eigenvalue weighted by Crippen LogP contribution is -2.40. The molecule has 1 aliphatic rings. The number of methoxy groups -OCH3 is 1. The minimum atomic E-state index is -0.566. The smallest absolute Gasteiger partial charge is 0.359 e. The Labute approximate surface area is 165 Å². The zero-order chi connectivity index (χ0) is 20.4. The molecule has 4 rings (SSSR count). The summed E-state index contributed by atoms with van der Waals surface area (Å²) < 4.78 is 10.1. The number of H-pyrrole nitrogens is 1. The number of fused-ring (bicyclic) bond motifs is 2. The normalized spacial score (nSPS) is 13.0. The van der Waals surface area contributed by atoms with Crippen LogP contribution in [0.5, 0.6) is 5.75 Å². The summed E-state index contributed by atoms with van der Waals surface area (Å²) in [6, 6.07) is 12.3. The lowest BCUT2D eigenvalue weighted by molar-refractivity contribution is -0.121. The van der Waals surface area contributed by atoms with Crippen molar-refractivity contribution in [2.75, 3.05) is 30.5 Å². The molecule has 9 nitrogen and oxygen atoms in total. The van der Waals surface area contributed by atoms with Crippen molar-refractivity contribution in [3.63, 3.8) is 0 Å². The number of aromatic amines is 1. The summed E-state index contributed by atoms with van der Waals surface area (Å²) in [6.07, 6.45) is 0.105. The molecule has 0 atom stereocenters. The van der Waals surface area contributed by atoms with Gasteiger partial charge in [-0.3, -0.25) is 14.7 Å². The number of esters is 1. The molecular weight excluding hydrogens is 376 g/mol. The van der Waals surface area contributed by atoms with Crippen molar-refractivity contribution in [2.45, 2.75) is 6.42 Å². The number of aromatic nitrogens is 2. The van der Waals surface area contributed by atoms with E-state index in [2.05, 4.69) is 15.5 Å². The first kappa shape index (κ1) is 18.5. The molecule has 9 heteroatoms. The third-order valence-electron chi connectivity index (χ3n) is 4.60. The summed E-state index contributed by atoms with van der Waals surface area (Å²) in [5, 5.41) is 10.0. The van der Waals surface area contributed by atoms with Gasteiger partial charge in [-0.1, -0.05) is 12.1 Å². The average Bonchev–Trinajstić information content (AvgIpc) is 3.15. The molecule has 3 aromatic rings. The van der Waals surface area contributed by atoms with Gasteiger partial charge in [-0.15, -0.1) is 0 Å². The summed E-state index contributed by atoms with van der Waals surface area (Å²) in [5.41, 5.74) is 1.97. The molecule has 2 amide bonds. The van der Waals surface area contributed by atoms with Crippen molar-refractivity contribution in [3.05, 3.63) is 48.2 Å². The molecule has 2 N–H and O–H groups in total. The van der Waals surface area contributed by atoms with Gasteiger partial charge in [-0.25, -0.2) is 4.79 Å². The predicted molar refractivity (Wildman–Crippen MR) is 105 cm³/mol. The van der Waals surface area contributed by atoms with E-state index in [4.69, 9.17) is 9.47 Å². The molecule has 148 valence electrons. The number of carbonyl (C=O) groups excluding carboxylic acids is 3. The zero-order valence-corrected chi connectivity index (χ0v) is 15.6. The fourth-order valence-electron chi connectivity index (χ4n) is 3.18. The van der Waals surface area contributed by atoms with Crippen molar-refractivity contribution in [1.29, 1.82) is 0 Å². The van der Waals surface area contributed by atoms with Gasteiger partial charge in [0.1, 0.15) is 5.75 Å². The number of benzene rings is 2. The molecule has 1 aromatic heterocycles. The summed E-state index contributed by atoms with van der Waals surface area (Å²) in [4.78, 5) is 38.0. The highest BCUT2D eigenvalue weighted by molar-refractivity contribution is 6.04. The topological polar surface area (TPSA) is 114 Å². The maximum atomic E-state index is 12.4. The fourth-order valence-corrected chi connectivity index (χ4v) is 3.18. The Morgan fingerprint density at radius 1 is 1.28 bits per heavy atom. The van der Waals surface area contributed by atoms with Crippen LogP contribution in [0.1, 0.15) is 16.9 Å². The highest BCUT2D eigenvalue weighted by atomic mass is 16.5. The minimum Gasteiger partial charge on any atom is -0.482 e. The summed E-state index contributed by atoms with van der Waals surface area (Å²) in [7, 11) is 1.28. The van der Waals surface area contributed by atoms with Gasteiger partial charge in [0.05, 0.1) is 18.3 Å². The third-order valence-corrected chi connectivity index (χ3v) is 4.60. The third kappa shape index (κ3) is 3.62. The van der Waals surface area contributed by atoms with E-state index in [0.717, 1.165) is 0 Å². The average molecular weight is 394 g/mol. The second kappa shape index (κ2) is 7.63. The maximum Gasteiger partial charge on any atom is 0.359 e. The van der Waals surface area contributed by atoms with Crippen molar-refractivity contribution >= 4 is 40.1 Å². The van der Waals surface area contributed by atoms with Crippen LogP contribution in [0.3, 0.4) is 0 Å². The van der Waals surface area contributed by atoms with Gasteiger partial charge in [0.15, 0.2) is 12.3 Å². The molecule has 1 aliphatic heterocycles. The van der Waals surface area contributed by atoms with E-state index < -0.39 is 5.97 Å². The van der Waals surface area contributed by atoms with E-state index in [1.807, 2.05) is 12.1 Å². The number of nitrogens with one attached hydrogen (secondary N) is 2. The van der Waals surface area contributed by atoms with E-state index in [1.165, 1.54) is 7.11 Å². The Morgan fingerprint density at radius 2 is 2.10 bits per heavy atom. The van der Waals surface area contributed by atoms with Gasteiger partial charge in [0.2, 0.25) is 5.91 Å². The summed E-state index contributed by atoms with van der Waals surface area (Å²) >= 11 is 0. The molecule has 2 aromatic carbocycles. The Balaban J connectivity index is 1.45. The number of rotatable bonds is 5. The van der Waals surface area contributed by atoms with E-state index in [-0.39, 0.29) is 37.1 Å². The lowest BCUT2D eigenvalue weighted by Gasteiger charge is -2.29. The highest BCUT2D eigenvalue weighted by Crippen LogP contribution is 2.31. The SMILES string of the molecule is COC(=O)c1n[nH]c2ccc(NC(=O)CCN3C(=O)COc4ccccc43)cc12. The van der Waals surface area contributed by atoms with Crippen LogP contribution in [0, 0.1) is 0 Å². The molecule has 0 bridgehead atoms. The predicted octanol–water partition coefficient (Wildman–Crippen LogP) is 2.10. The number of hydrogen-bond donors (Lipinski definition) is 2. The lowest BCUT2D eigenvalue weighted by atomic mass is 10.2. The van der Waals surface area contributed by atoms with Crippen molar-refractivity contribution in [2.24, 2.45) is 0 Å². The van der Waals surface area contributed by atoms with Crippen LogP contribution in [0.2, 0.25) is 0 Å². The number of anilines is 2. The van der Waals surface area contributed by atoms with Crippen LogP contribution in [-0.2, 0) is 14.3 Å². The van der Waals surface area contributed by atoms with Crippen molar-refractivity contribution in [3.8, 4) is 5.75 Å². The molecule has 29 heavy (non-hydrogen) atoms. The molecule has 0 aliphatic carbocycles. The van der Waals surface area contributed by atoms with Gasteiger partial charge in [-0.2, -0.15) is 5.10 Å². The summed E-state index contributed by atoms with van der Waals surface area (Å²) in [5.74, 6) is -0.402. The Hall–Kier alpha value is -3.88. The van der Waals surface area contributed by atoms with Gasteiger partial charge < -0.3 is 19.7 Å². The van der Waals surface area contributed by atoms with E-state index in [0.29, 0.717) is 28.0 Å². The Kier molecular flexibility index (Phi) is 4.86. The Bertz CT molecular complexity index is 1110. The van der Waals surface area contributed by atoms with Gasteiger partial charge in [0.25, 0.3) is 5.91 Å². The number of ether oxygens (including phenoxy) is 2. The van der Waals surface area contributed by atoms with Gasteiger partial charge in [-0.05, 0) is 30.3 Å². The van der Waals surface area contributed by atoms with E-state index in [9.17, 15) is 14.4 Å². The maximum absolute atomic E-state index is 12.4. The second-order valence-corrected chi connectivity index (χ2v) is 6.42. The number of amides is 2. The number of carbonyl (C=O) groups is 3. The minimum absolute atomic E-state index is 0.0495. The molecule has 0 radical (unpaired) electrons. The first-order valence-electron chi connectivity index (χ1n) is 8.95. The highest BCUT2D eigenvalue weighted by Gasteiger charge is 2.25. The first-order valence-corrected chi connectivity index (χ1v) is 8.95. The first-order chi connectivity index (χ1) is 14.1. The molecule has 0 unspecified atom stereocenters. The van der Waals surface area contributed by atoms with Crippen LogP contribution in [0.25, 0.3) is 10.9 Å². The van der Waals surface area contributed by atoms with Crippen LogP contribution in [0.15, 0.2) is 42.5 Å². The molecule has 0 saturated heterocycles. The molecular formula is C20H18N4O5. The quantitative estimate of drug-likeness (QED) is 0.641. The van der Waals surface area contributed by atoms with E-state index in [1.54, 1.807) is 35.2 Å². The fraction of sp³-hybridized carbons (Fsp3) is 0.200. The van der Waals surface area contributed by atoms with Crippen LogP contribution >= 0.6 is 0 Å². The van der Waals surface area contributed by atoms with Crippen LogP contribution < -0.4 is 15.0 Å². The molecule has 0 saturated carbocycles. The number of hydrogen-bond acceptors (Lipinski definition) is 6. The summed E-state index contributed by atoms with van der Waals surface area (Å²) in [6.45, 7) is 0.179. The Morgan fingerprint density at radius 3 is 2.93 bits per heavy atom. The van der Waals surface area contributed by atoms with E-state index >= 15 is 0 Å². The van der Waals surface area contributed by atoms with Gasteiger partial charge in [0, 0.05) is 24.0 Å². The molecule has 0 spiro atoms. The molecule has 0 fully saturated rings. The van der Waals surface area contributed by atoms with Crippen molar-refractivity contribution < 1.29 is 23.9 Å². The second-order valence-electron chi connectivity index (χ2n) is 6.42. The standard InChI is InChI=1S/C20H18N4O5/c1-28-20(27)19-13-10-12(6-7-14(13)22-23-19)21-17(25)8-9-24-15-4-2-3-5-16(15)29-11-18(24)26/h2-7,10H,8-9,11H2,1H3,(H,21,25)(H,22,23). The molecule has 2 heterocycles. The monoisotopic (exact) mass is 394 g/mol. The largest absolute Gasteiger partial charge is 0.482 e. The number of para-hydroxylation sites is 2. The number of nitrogens with zero attached hydrogens (tertiary/aromatic N) is 2. The zero-order valence-electron chi connectivity index (χ0n) is 15.6. The van der Waals surface area contributed by atoms with Crippen molar-refractivity contribution in [1.82, 2.24) is 10.2 Å². The van der Waals surface area contributed by atoms with Crippen LogP contribution in [0.4, 0.5) is 11.4 Å².